The van der Waals surface area contributed by atoms with Crippen LogP contribution in [0.3, 0.4) is 0 Å². The lowest BCUT2D eigenvalue weighted by atomic mass is 10.2. The van der Waals surface area contributed by atoms with Crippen LogP contribution in [0.25, 0.3) is 0 Å². The largest absolute Gasteiger partial charge is 0.395 e. The van der Waals surface area contributed by atoms with Crippen LogP contribution in [-0.4, -0.2) is 29.1 Å². The number of hydrogen-bond donors (Lipinski definition) is 3. The summed E-state index contributed by atoms with van der Waals surface area (Å²) in [5, 5.41) is 14.2. The van der Waals surface area contributed by atoms with Crippen LogP contribution in [0.4, 0.5) is 15.9 Å². The molecule has 20 heavy (non-hydrogen) atoms. The zero-order valence-corrected chi connectivity index (χ0v) is 10.6. The van der Waals surface area contributed by atoms with Crippen molar-refractivity contribution in [3.8, 4) is 0 Å². The first-order chi connectivity index (χ1) is 9.69. The van der Waals surface area contributed by atoms with Crippen molar-refractivity contribution in [2.24, 2.45) is 0 Å². The van der Waals surface area contributed by atoms with E-state index in [1.54, 1.807) is 12.1 Å². The van der Waals surface area contributed by atoms with Gasteiger partial charge >= 0.3 is 0 Å². The zero-order chi connectivity index (χ0) is 14.4. The highest BCUT2D eigenvalue weighted by Gasteiger charge is 2.06. The maximum absolute atomic E-state index is 12.8. The van der Waals surface area contributed by atoms with E-state index in [4.69, 9.17) is 5.11 Å². The second kappa shape index (κ2) is 6.63. The van der Waals surface area contributed by atoms with Crippen LogP contribution in [-0.2, 0) is 0 Å². The third-order valence-electron chi connectivity index (χ3n) is 2.55. The van der Waals surface area contributed by atoms with E-state index in [-0.39, 0.29) is 18.3 Å². The van der Waals surface area contributed by atoms with Crippen molar-refractivity contribution in [3.63, 3.8) is 0 Å². The molecule has 1 aromatic carbocycles. The van der Waals surface area contributed by atoms with Gasteiger partial charge in [0.1, 0.15) is 11.6 Å². The molecule has 0 aliphatic carbocycles. The lowest BCUT2D eigenvalue weighted by Gasteiger charge is -2.07. The van der Waals surface area contributed by atoms with Crippen molar-refractivity contribution in [1.82, 2.24) is 4.98 Å². The van der Waals surface area contributed by atoms with Crippen LogP contribution >= 0.6 is 0 Å². The number of carbonyl (C=O) groups excluding carboxylic acids is 1. The fourth-order valence-electron chi connectivity index (χ4n) is 1.56. The summed E-state index contributed by atoms with van der Waals surface area (Å²) in [6, 6.07) is 8.67. The molecule has 0 saturated heterocycles. The van der Waals surface area contributed by atoms with Crippen LogP contribution in [0.1, 0.15) is 10.4 Å². The summed E-state index contributed by atoms with van der Waals surface area (Å²) in [5.41, 5.74) is 0.905. The summed E-state index contributed by atoms with van der Waals surface area (Å²) >= 11 is 0. The smallest absolute Gasteiger partial charge is 0.255 e. The van der Waals surface area contributed by atoms with Gasteiger partial charge in [-0.1, -0.05) is 0 Å². The predicted molar refractivity (Wildman–Crippen MR) is 74.2 cm³/mol. The molecule has 0 unspecified atom stereocenters. The lowest BCUT2D eigenvalue weighted by Crippen LogP contribution is -2.12. The van der Waals surface area contributed by atoms with E-state index in [0.29, 0.717) is 23.6 Å². The third kappa shape index (κ3) is 3.76. The molecule has 0 atom stereocenters. The van der Waals surface area contributed by atoms with E-state index >= 15 is 0 Å². The van der Waals surface area contributed by atoms with Crippen LogP contribution in [0.15, 0.2) is 42.6 Å². The average molecular weight is 275 g/mol. The van der Waals surface area contributed by atoms with Crippen molar-refractivity contribution >= 4 is 17.4 Å². The van der Waals surface area contributed by atoms with E-state index in [1.165, 1.54) is 30.5 Å². The Labute approximate surface area is 115 Å². The molecule has 2 aromatic rings. The first-order valence-corrected chi connectivity index (χ1v) is 6.07. The number of pyridine rings is 1. The fourth-order valence-corrected chi connectivity index (χ4v) is 1.56. The number of anilines is 2. The summed E-state index contributed by atoms with van der Waals surface area (Å²) in [6.07, 6.45) is 1.50. The minimum absolute atomic E-state index is 0.0186. The quantitative estimate of drug-likeness (QED) is 0.779. The number of rotatable bonds is 5. The van der Waals surface area contributed by atoms with Gasteiger partial charge in [-0.2, -0.15) is 0 Å². The number of amides is 1. The van der Waals surface area contributed by atoms with Crippen LogP contribution in [0, 0.1) is 5.82 Å². The first-order valence-electron chi connectivity index (χ1n) is 6.07. The van der Waals surface area contributed by atoms with Gasteiger partial charge in [0.25, 0.3) is 5.91 Å². The Hall–Kier alpha value is -2.47. The molecule has 2 rings (SSSR count). The Morgan fingerprint density at radius 3 is 2.55 bits per heavy atom. The number of carbonyl (C=O) groups is 1. The second-order valence-corrected chi connectivity index (χ2v) is 4.04. The standard InChI is InChI=1S/C14H14FN3O2/c15-11-3-1-10(2-4-11)14(20)18-12-5-6-13(17-9-12)16-7-8-19/h1-6,9,19H,7-8H2,(H,16,17)(H,18,20). The molecule has 0 spiro atoms. The normalized spacial score (nSPS) is 10.1. The number of aliphatic hydroxyl groups is 1. The van der Waals surface area contributed by atoms with E-state index in [0.717, 1.165) is 0 Å². The van der Waals surface area contributed by atoms with Crippen molar-refractivity contribution in [2.75, 3.05) is 23.8 Å². The molecule has 0 saturated carbocycles. The van der Waals surface area contributed by atoms with Gasteiger partial charge in [-0.25, -0.2) is 9.37 Å². The van der Waals surface area contributed by atoms with Gasteiger partial charge in [0, 0.05) is 12.1 Å². The van der Waals surface area contributed by atoms with Gasteiger partial charge < -0.3 is 15.7 Å². The van der Waals surface area contributed by atoms with Crippen molar-refractivity contribution in [3.05, 3.63) is 54.0 Å². The summed E-state index contributed by atoms with van der Waals surface area (Å²) < 4.78 is 12.8. The molecule has 0 fully saturated rings. The highest BCUT2D eigenvalue weighted by Crippen LogP contribution is 2.11. The van der Waals surface area contributed by atoms with Crippen molar-refractivity contribution in [2.45, 2.75) is 0 Å². The summed E-state index contributed by atoms with van der Waals surface area (Å²) in [6.45, 7) is 0.430. The minimum Gasteiger partial charge on any atom is -0.395 e. The Morgan fingerprint density at radius 1 is 1.20 bits per heavy atom. The highest BCUT2D eigenvalue weighted by atomic mass is 19.1. The summed E-state index contributed by atoms with van der Waals surface area (Å²) in [5.74, 6) is -0.107. The van der Waals surface area contributed by atoms with Gasteiger partial charge in [-0.05, 0) is 36.4 Å². The minimum atomic E-state index is -0.387. The summed E-state index contributed by atoms with van der Waals surface area (Å²) in [7, 11) is 0. The molecule has 0 aliphatic rings. The summed E-state index contributed by atoms with van der Waals surface area (Å²) in [4.78, 5) is 16.0. The third-order valence-corrected chi connectivity index (χ3v) is 2.55. The highest BCUT2D eigenvalue weighted by molar-refractivity contribution is 6.04. The maximum atomic E-state index is 12.8. The van der Waals surface area contributed by atoms with E-state index in [1.807, 2.05) is 0 Å². The molecule has 5 nitrogen and oxygen atoms in total. The molecule has 104 valence electrons. The van der Waals surface area contributed by atoms with Crippen LogP contribution < -0.4 is 10.6 Å². The number of aliphatic hydroxyl groups excluding tert-OH is 1. The van der Waals surface area contributed by atoms with Gasteiger partial charge in [0.05, 0.1) is 18.5 Å². The predicted octanol–water partition coefficient (Wildman–Crippen LogP) is 1.88. The topological polar surface area (TPSA) is 74.2 Å². The molecule has 0 bridgehead atoms. The number of halogens is 1. The van der Waals surface area contributed by atoms with Crippen LogP contribution in [0.2, 0.25) is 0 Å². The monoisotopic (exact) mass is 275 g/mol. The molecule has 1 aromatic heterocycles. The van der Waals surface area contributed by atoms with E-state index < -0.39 is 0 Å². The Balaban J connectivity index is 1.99. The lowest BCUT2D eigenvalue weighted by molar-refractivity contribution is 0.102. The SMILES string of the molecule is O=C(Nc1ccc(NCCO)nc1)c1ccc(F)cc1. The fraction of sp³-hybridized carbons (Fsp3) is 0.143. The Kier molecular flexibility index (Phi) is 4.62. The van der Waals surface area contributed by atoms with E-state index in [2.05, 4.69) is 15.6 Å². The Morgan fingerprint density at radius 2 is 1.95 bits per heavy atom. The van der Waals surface area contributed by atoms with E-state index in [9.17, 15) is 9.18 Å². The zero-order valence-electron chi connectivity index (χ0n) is 10.6. The molecule has 3 N–H and O–H groups in total. The van der Waals surface area contributed by atoms with Gasteiger partial charge in [-0.15, -0.1) is 0 Å². The van der Waals surface area contributed by atoms with Gasteiger partial charge in [0.2, 0.25) is 0 Å². The van der Waals surface area contributed by atoms with Crippen molar-refractivity contribution < 1.29 is 14.3 Å². The second-order valence-electron chi connectivity index (χ2n) is 4.04. The van der Waals surface area contributed by atoms with Gasteiger partial charge in [-0.3, -0.25) is 4.79 Å². The average Bonchev–Trinajstić information content (AvgIpc) is 2.47. The van der Waals surface area contributed by atoms with Crippen LogP contribution in [0.5, 0.6) is 0 Å². The molecular weight excluding hydrogens is 261 g/mol. The number of aromatic nitrogens is 1. The number of nitrogens with one attached hydrogen (secondary N) is 2. The molecule has 1 heterocycles. The molecule has 6 heteroatoms. The molecule has 1 amide bonds. The number of nitrogens with zero attached hydrogens (tertiary/aromatic N) is 1. The first kappa shape index (κ1) is 14.0. The van der Waals surface area contributed by atoms with Gasteiger partial charge in [0.15, 0.2) is 0 Å². The number of hydrogen-bond acceptors (Lipinski definition) is 4. The molecule has 0 radical (unpaired) electrons. The molecular formula is C14H14FN3O2. The molecule has 0 aliphatic heterocycles. The maximum Gasteiger partial charge on any atom is 0.255 e. The van der Waals surface area contributed by atoms with Crippen molar-refractivity contribution in [1.29, 1.82) is 0 Å². The Bertz CT molecular complexity index is 570. The number of benzene rings is 1.